The summed E-state index contributed by atoms with van der Waals surface area (Å²) < 4.78 is 10.5. The first-order valence-electron chi connectivity index (χ1n) is 9.05. The second-order valence-corrected chi connectivity index (χ2v) is 6.27. The number of ether oxygens (including phenoxy) is 2. The van der Waals surface area contributed by atoms with Gasteiger partial charge in [0.2, 0.25) is 0 Å². The topological polar surface area (TPSA) is 42.0 Å². The summed E-state index contributed by atoms with van der Waals surface area (Å²) in [6, 6.07) is 5.75. The summed E-state index contributed by atoms with van der Waals surface area (Å²) in [4.78, 5) is 17.2. The van der Waals surface area contributed by atoms with Crippen LogP contribution in [0.3, 0.4) is 0 Å². The van der Waals surface area contributed by atoms with Crippen molar-refractivity contribution in [2.45, 2.75) is 32.7 Å². The largest absolute Gasteiger partial charge is 0.493 e. The molecule has 2 rings (SSSR count). The first kappa shape index (κ1) is 19.3. The number of likely N-dealkylation sites (tertiary alicyclic amines) is 1. The van der Waals surface area contributed by atoms with Crippen LogP contribution in [0.4, 0.5) is 0 Å². The lowest BCUT2D eigenvalue weighted by Crippen LogP contribution is -2.38. The lowest BCUT2D eigenvalue weighted by atomic mass is 10.1. The molecule has 0 bridgehead atoms. The predicted molar refractivity (Wildman–Crippen MR) is 101 cm³/mol. The quantitative estimate of drug-likeness (QED) is 0.507. The Morgan fingerprint density at radius 1 is 1.24 bits per heavy atom. The normalized spacial score (nSPS) is 17.5. The highest BCUT2D eigenvalue weighted by Crippen LogP contribution is 2.28. The fourth-order valence-electron chi connectivity index (χ4n) is 3.28. The van der Waals surface area contributed by atoms with E-state index in [2.05, 4.69) is 23.6 Å². The van der Waals surface area contributed by atoms with Gasteiger partial charge in [0.1, 0.15) is 0 Å². The van der Waals surface area contributed by atoms with E-state index in [4.69, 9.17) is 9.47 Å². The highest BCUT2D eigenvalue weighted by molar-refractivity contribution is 6.04. The van der Waals surface area contributed by atoms with Gasteiger partial charge in [0.25, 0.3) is 0 Å². The summed E-state index contributed by atoms with van der Waals surface area (Å²) in [5, 5.41) is 0. The molecule has 25 heavy (non-hydrogen) atoms. The molecule has 0 aromatic heterocycles. The van der Waals surface area contributed by atoms with Gasteiger partial charge in [-0.25, -0.2) is 0 Å². The SMILES string of the molecule is CCN(CC)C[C@@H]1CCCN1/C=C/C(=O)c1ccc(OC)c(OC)c1. The molecule has 0 spiro atoms. The molecule has 0 amide bonds. The molecule has 0 saturated carbocycles. The molecule has 1 aromatic carbocycles. The number of nitrogens with zero attached hydrogens (tertiary/aromatic N) is 2. The van der Waals surface area contributed by atoms with Gasteiger partial charge in [0.15, 0.2) is 17.3 Å². The first-order chi connectivity index (χ1) is 12.1. The van der Waals surface area contributed by atoms with E-state index in [1.54, 1.807) is 38.5 Å². The smallest absolute Gasteiger partial charge is 0.187 e. The van der Waals surface area contributed by atoms with E-state index in [0.29, 0.717) is 23.1 Å². The van der Waals surface area contributed by atoms with Crippen molar-refractivity contribution in [3.8, 4) is 11.5 Å². The van der Waals surface area contributed by atoms with Crippen LogP contribution < -0.4 is 9.47 Å². The summed E-state index contributed by atoms with van der Waals surface area (Å²) in [7, 11) is 3.16. The Bertz CT molecular complexity index is 597. The van der Waals surface area contributed by atoms with E-state index in [1.165, 1.54) is 12.8 Å². The van der Waals surface area contributed by atoms with Crippen LogP contribution in [0.25, 0.3) is 0 Å². The Kier molecular flexibility index (Phi) is 7.31. The van der Waals surface area contributed by atoms with Gasteiger partial charge in [0.05, 0.1) is 14.2 Å². The maximum Gasteiger partial charge on any atom is 0.187 e. The predicted octanol–water partition coefficient (Wildman–Crippen LogP) is 3.21. The number of carbonyl (C=O) groups excluding carboxylic acids is 1. The van der Waals surface area contributed by atoms with Crippen molar-refractivity contribution in [3.63, 3.8) is 0 Å². The van der Waals surface area contributed by atoms with Crippen molar-refractivity contribution >= 4 is 5.78 Å². The molecule has 1 aliphatic heterocycles. The maximum absolute atomic E-state index is 12.5. The molecule has 5 nitrogen and oxygen atoms in total. The maximum atomic E-state index is 12.5. The summed E-state index contributed by atoms with van der Waals surface area (Å²) in [6.45, 7) is 8.59. The third kappa shape index (κ3) is 4.98. The number of benzene rings is 1. The van der Waals surface area contributed by atoms with Gasteiger partial charge in [-0.2, -0.15) is 0 Å². The average molecular weight is 346 g/mol. The Morgan fingerprint density at radius 2 is 1.96 bits per heavy atom. The molecule has 1 aliphatic rings. The zero-order chi connectivity index (χ0) is 18.2. The lowest BCUT2D eigenvalue weighted by molar-refractivity contribution is 0.104. The van der Waals surface area contributed by atoms with Gasteiger partial charge in [-0.05, 0) is 44.1 Å². The van der Waals surface area contributed by atoms with Crippen LogP contribution in [0.15, 0.2) is 30.5 Å². The number of hydrogen-bond donors (Lipinski definition) is 0. The molecule has 0 aliphatic carbocycles. The number of methoxy groups -OCH3 is 2. The van der Waals surface area contributed by atoms with E-state index >= 15 is 0 Å². The Hall–Kier alpha value is -2.01. The first-order valence-corrected chi connectivity index (χ1v) is 9.05. The zero-order valence-electron chi connectivity index (χ0n) is 15.8. The summed E-state index contributed by atoms with van der Waals surface area (Å²) in [5.41, 5.74) is 0.605. The molecule has 1 atom stereocenters. The number of allylic oxidation sites excluding steroid dienone is 1. The summed E-state index contributed by atoms with van der Waals surface area (Å²) in [5.74, 6) is 1.18. The summed E-state index contributed by atoms with van der Waals surface area (Å²) >= 11 is 0. The van der Waals surface area contributed by atoms with E-state index in [0.717, 1.165) is 26.2 Å². The fraction of sp³-hybridized carbons (Fsp3) is 0.550. The highest BCUT2D eigenvalue weighted by Gasteiger charge is 2.23. The standard InChI is InChI=1S/C20H30N2O3/c1-5-21(6-2)15-17-8-7-12-22(17)13-11-18(23)16-9-10-19(24-3)20(14-16)25-4/h9-11,13-14,17H,5-8,12,15H2,1-4H3/b13-11+/t17-/m0/s1. The molecule has 0 unspecified atom stereocenters. The Labute approximate surface area is 151 Å². The molecule has 1 saturated heterocycles. The lowest BCUT2D eigenvalue weighted by Gasteiger charge is -2.28. The third-order valence-corrected chi connectivity index (χ3v) is 4.87. The van der Waals surface area contributed by atoms with Gasteiger partial charge in [0, 0.05) is 37.0 Å². The van der Waals surface area contributed by atoms with Gasteiger partial charge in [-0.15, -0.1) is 0 Å². The molecule has 0 N–H and O–H groups in total. The van der Waals surface area contributed by atoms with E-state index in [9.17, 15) is 4.79 Å². The third-order valence-electron chi connectivity index (χ3n) is 4.87. The molecule has 138 valence electrons. The molecule has 0 radical (unpaired) electrons. The highest BCUT2D eigenvalue weighted by atomic mass is 16.5. The van der Waals surface area contributed by atoms with Gasteiger partial charge >= 0.3 is 0 Å². The van der Waals surface area contributed by atoms with E-state index < -0.39 is 0 Å². The minimum atomic E-state index is -0.0190. The Balaban J connectivity index is 2.03. The van der Waals surface area contributed by atoms with Crippen molar-refractivity contribution in [2.24, 2.45) is 0 Å². The molecule has 1 fully saturated rings. The molecular weight excluding hydrogens is 316 g/mol. The minimum Gasteiger partial charge on any atom is -0.493 e. The number of likely N-dealkylation sites (N-methyl/N-ethyl adjacent to an activating group) is 1. The Morgan fingerprint density at radius 3 is 2.60 bits per heavy atom. The van der Waals surface area contributed by atoms with E-state index in [1.807, 2.05) is 6.20 Å². The second-order valence-electron chi connectivity index (χ2n) is 6.27. The number of rotatable bonds is 9. The van der Waals surface area contributed by atoms with Crippen LogP contribution in [-0.2, 0) is 0 Å². The molecule has 1 heterocycles. The summed E-state index contributed by atoms with van der Waals surface area (Å²) in [6.07, 6.45) is 5.99. The van der Waals surface area contributed by atoms with Crippen molar-refractivity contribution in [3.05, 3.63) is 36.0 Å². The van der Waals surface area contributed by atoms with Crippen LogP contribution in [-0.4, -0.2) is 62.0 Å². The fourth-order valence-corrected chi connectivity index (χ4v) is 3.28. The second kappa shape index (κ2) is 9.47. The number of carbonyl (C=O) groups is 1. The average Bonchev–Trinajstić information content (AvgIpc) is 3.10. The number of hydrogen-bond acceptors (Lipinski definition) is 5. The van der Waals surface area contributed by atoms with Crippen LogP contribution in [0.1, 0.15) is 37.0 Å². The van der Waals surface area contributed by atoms with Gasteiger partial charge in [-0.3, -0.25) is 4.79 Å². The van der Waals surface area contributed by atoms with Crippen molar-refractivity contribution < 1.29 is 14.3 Å². The van der Waals surface area contributed by atoms with Crippen LogP contribution in [0.5, 0.6) is 11.5 Å². The van der Waals surface area contributed by atoms with Crippen molar-refractivity contribution in [1.82, 2.24) is 9.80 Å². The van der Waals surface area contributed by atoms with Gasteiger partial charge in [-0.1, -0.05) is 13.8 Å². The molecule has 1 aromatic rings. The van der Waals surface area contributed by atoms with Crippen molar-refractivity contribution in [2.75, 3.05) is 40.4 Å². The van der Waals surface area contributed by atoms with Crippen LogP contribution in [0.2, 0.25) is 0 Å². The van der Waals surface area contributed by atoms with E-state index in [-0.39, 0.29) is 5.78 Å². The van der Waals surface area contributed by atoms with Gasteiger partial charge < -0.3 is 19.3 Å². The van der Waals surface area contributed by atoms with Crippen molar-refractivity contribution in [1.29, 1.82) is 0 Å². The number of ketones is 1. The minimum absolute atomic E-state index is 0.0190. The van der Waals surface area contributed by atoms with Crippen LogP contribution >= 0.6 is 0 Å². The van der Waals surface area contributed by atoms with Crippen LogP contribution in [0, 0.1) is 0 Å². The zero-order valence-corrected chi connectivity index (χ0v) is 15.8. The molecular formula is C20H30N2O3. The monoisotopic (exact) mass is 346 g/mol. The molecule has 5 heteroatoms.